The van der Waals surface area contributed by atoms with Gasteiger partial charge in [0, 0.05) is 26.1 Å². The number of carbonyl (C=O) groups excluding carboxylic acids is 2. The van der Waals surface area contributed by atoms with Crippen LogP contribution in [0.4, 0.5) is 10.5 Å². The maximum atomic E-state index is 12.5. The lowest BCUT2D eigenvalue weighted by Gasteiger charge is -2.32. The second-order valence-corrected chi connectivity index (χ2v) is 8.68. The van der Waals surface area contributed by atoms with Gasteiger partial charge in [0.1, 0.15) is 5.60 Å². The van der Waals surface area contributed by atoms with Crippen molar-refractivity contribution >= 4 is 29.3 Å². The van der Waals surface area contributed by atoms with Crippen molar-refractivity contribution in [2.24, 2.45) is 0 Å². The molecule has 0 bridgehead atoms. The summed E-state index contributed by atoms with van der Waals surface area (Å²) >= 11 is 6.82. The molecule has 1 aromatic carbocycles. The molecule has 0 unspecified atom stereocenters. The number of fused-ring (bicyclic) bond motifs is 2. The second-order valence-electron chi connectivity index (χ2n) is 8.31. The molecule has 0 spiro atoms. The normalized spacial score (nSPS) is 17.1. The van der Waals surface area contributed by atoms with E-state index >= 15 is 0 Å². The zero-order valence-electron chi connectivity index (χ0n) is 16.7. The van der Waals surface area contributed by atoms with Crippen LogP contribution in [0, 0.1) is 0 Å². The summed E-state index contributed by atoms with van der Waals surface area (Å²) in [5.41, 5.74) is 3.79. The third-order valence-electron chi connectivity index (χ3n) is 5.15. The van der Waals surface area contributed by atoms with Gasteiger partial charge in [-0.25, -0.2) is 4.79 Å². The monoisotopic (exact) mass is 392 g/mol. The Kier molecular flexibility index (Phi) is 5.71. The molecular weight excluding hydrogens is 364 g/mol. The third kappa shape index (κ3) is 4.23. The fourth-order valence-corrected chi connectivity index (χ4v) is 4.31. The van der Waals surface area contributed by atoms with E-state index in [0.717, 1.165) is 42.6 Å². The highest BCUT2D eigenvalue weighted by Gasteiger charge is 2.30. The summed E-state index contributed by atoms with van der Waals surface area (Å²) in [6, 6.07) is 2.20. The van der Waals surface area contributed by atoms with Gasteiger partial charge in [-0.1, -0.05) is 24.6 Å². The highest BCUT2D eigenvalue weighted by molar-refractivity contribution is 6.35. The number of hydrogen-bond acceptors (Lipinski definition) is 3. The van der Waals surface area contributed by atoms with E-state index in [0.29, 0.717) is 31.0 Å². The van der Waals surface area contributed by atoms with E-state index in [1.165, 1.54) is 5.56 Å². The maximum Gasteiger partial charge on any atom is 0.410 e. The molecule has 2 amide bonds. The average molecular weight is 393 g/mol. The molecule has 5 nitrogen and oxygen atoms in total. The minimum atomic E-state index is -0.506. The van der Waals surface area contributed by atoms with E-state index in [1.807, 2.05) is 32.6 Å². The zero-order chi connectivity index (χ0) is 19.8. The molecule has 0 atom stereocenters. The van der Waals surface area contributed by atoms with Gasteiger partial charge in [0.25, 0.3) is 0 Å². The van der Waals surface area contributed by atoms with Gasteiger partial charge in [-0.15, -0.1) is 0 Å². The van der Waals surface area contributed by atoms with Crippen LogP contribution in [0.5, 0.6) is 0 Å². The quantitative estimate of drug-likeness (QED) is 0.713. The summed E-state index contributed by atoms with van der Waals surface area (Å²) in [6.45, 7) is 9.43. The molecule has 27 heavy (non-hydrogen) atoms. The molecular formula is C21H29ClN2O3. The largest absolute Gasteiger partial charge is 0.444 e. The van der Waals surface area contributed by atoms with Crippen LogP contribution >= 0.6 is 11.6 Å². The van der Waals surface area contributed by atoms with E-state index in [4.69, 9.17) is 16.3 Å². The number of halogens is 1. The van der Waals surface area contributed by atoms with Crippen molar-refractivity contribution in [2.45, 2.75) is 65.4 Å². The zero-order valence-corrected chi connectivity index (χ0v) is 17.5. The number of carbonyl (C=O) groups is 2. The van der Waals surface area contributed by atoms with Crippen LogP contribution in [0.1, 0.15) is 57.2 Å². The van der Waals surface area contributed by atoms with Gasteiger partial charge in [0.2, 0.25) is 5.91 Å². The molecule has 2 heterocycles. The Balaban J connectivity index is 1.88. The van der Waals surface area contributed by atoms with Crippen molar-refractivity contribution in [1.29, 1.82) is 0 Å². The molecule has 0 saturated carbocycles. The summed E-state index contributed by atoms with van der Waals surface area (Å²) in [7, 11) is 0. The van der Waals surface area contributed by atoms with Crippen molar-refractivity contribution in [3.05, 3.63) is 27.8 Å². The van der Waals surface area contributed by atoms with Gasteiger partial charge in [-0.05, 0) is 63.1 Å². The van der Waals surface area contributed by atoms with Crippen molar-refractivity contribution in [3.63, 3.8) is 0 Å². The lowest BCUT2D eigenvalue weighted by Crippen LogP contribution is -2.38. The first-order chi connectivity index (χ1) is 12.7. The molecule has 2 aliphatic rings. The Morgan fingerprint density at radius 1 is 1.11 bits per heavy atom. The first-order valence-corrected chi connectivity index (χ1v) is 10.2. The summed E-state index contributed by atoms with van der Waals surface area (Å²) < 4.78 is 5.53. The Morgan fingerprint density at radius 3 is 2.48 bits per heavy atom. The van der Waals surface area contributed by atoms with Gasteiger partial charge in [0.05, 0.1) is 10.7 Å². The van der Waals surface area contributed by atoms with Gasteiger partial charge in [0.15, 0.2) is 0 Å². The number of hydrogen-bond donors (Lipinski definition) is 0. The predicted octanol–water partition coefficient (Wildman–Crippen LogP) is 4.36. The molecule has 0 aliphatic carbocycles. The summed E-state index contributed by atoms with van der Waals surface area (Å²) in [5.74, 6) is 0.113. The average Bonchev–Trinajstić information content (AvgIpc) is 2.82. The molecule has 3 rings (SSSR count). The van der Waals surface area contributed by atoms with Crippen LogP contribution in [-0.4, -0.2) is 42.1 Å². The predicted molar refractivity (Wildman–Crippen MR) is 108 cm³/mol. The van der Waals surface area contributed by atoms with E-state index in [2.05, 4.69) is 6.07 Å². The minimum Gasteiger partial charge on any atom is -0.444 e. The van der Waals surface area contributed by atoms with E-state index in [1.54, 1.807) is 4.90 Å². The number of benzene rings is 1. The number of rotatable bonds is 1. The Labute approximate surface area is 166 Å². The number of aryl methyl sites for hydroxylation is 1. The number of amides is 2. The molecule has 0 N–H and O–H groups in total. The summed E-state index contributed by atoms with van der Waals surface area (Å²) in [4.78, 5) is 28.5. The first-order valence-electron chi connectivity index (χ1n) is 9.82. The van der Waals surface area contributed by atoms with Gasteiger partial charge in [-0.3, -0.25) is 4.79 Å². The maximum absolute atomic E-state index is 12.5. The number of anilines is 1. The fourth-order valence-electron chi connectivity index (χ4n) is 3.87. The molecule has 0 fully saturated rings. The van der Waals surface area contributed by atoms with Gasteiger partial charge < -0.3 is 14.5 Å². The highest BCUT2D eigenvalue weighted by atomic mass is 35.5. The van der Waals surface area contributed by atoms with Crippen molar-refractivity contribution in [3.8, 4) is 0 Å². The Morgan fingerprint density at radius 2 is 1.81 bits per heavy atom. The van der Waals surface area contributed by atoms with E-state index in [-0.39, 0.29) is 12.0 Å². The molecule has 0 aromatic heterocycles. The molecule has 6 heteroatoms. The van der Waals surface area contributed by atoms with Crippen LogP contribution in [0.25, 0.3) is 0 Å². The van der Waals surface area contributed by atoms with Crippen LogP contribution in [0.15, 0.2) is 6.07 Å². The SMILES string of the molecule is CCC(=O)N1CCCc2cc3c(c(Cl)c21)CCN(C(=O)OC(C)(C)C)CC3. The first kappa shape index (κ1) is 20.0. The number of ether oxygens (including phenoxy) is 1. The molecule has 0 radical (unpaired) electrons. The van der Waals surface area contributed by atoms with Crippen LogP contribution in [0.3, 0.4) is 0 Å². The van der Waals surface area contributed by atoms with Crippen LogP contribution < -0.4 is 4.90 Å². The molecule has 148 valence electrons. The van der Waals surface area contributed by atoms with Crippen molar-refractivity contribution in [1.82, 2.24) is 4.90 Å². The third-order valence-corrected chi connectivity index (χ3v) is 5.56. The summed E-state index contributed by atoms with van der Waals surface area (Å²) in [6.07, 6.45) is 3.51. The Hall–Kier alpha value is -1.75. The topological polar surface area (TPSA) is 49.9 Å². The standard InChI is InChI=1S/C21H29ClN2O3/c1-5-17(25)24-10-6-7-15-13-14-8-11-23(20(26)27-21(2,3)4)12-9-16(14)18(22)19(15)24/h13H,5-12H2,1-4H3. The Bertz CT molecular complexity index is 755. The fraction of sp³-hybridized carbons (Fsp3) is 0.619. The number of nitrogens with zero attached hydrogens (tertiary/aromatic N) is 2. The van der Waals surface area contributed by atoms with Crippen LogP contribution in [0.2, 0.25) is 5.02 Å². The lowest BCUT2D eigenvalue weighted by molar-refractivity contribution is -0.118. The minimum absolute atomic E-state index is 0.113. The lowest BCUT2D eigenvalue weighted by atomic mass is 9.93. The van der Waals surface area contributed by atoms with Gasteiger partial charge in [-0.2, -0.15) is 0 Å². The molecule has 2 aliphatic heterocycles. The smallest absolute Gasteiger partial charge is 0.410 e. The second kappa shape index (κ2) is 7.70. The summed E-state index contributed by atoms with van der Waals surface area (Å²) in [5, 5.41) is 0.690. The van der Waals surface area contributed by atoms with Crippen molar-refractivity contribution < 1.29 is 14.3 Å². The van der Waals surface area contributed by atoms with E-state index in [9.17, 15) is 9.59 Å². The van der Waals surface area contributed by atoms with Gasteiger partial charge >= 0.3 is 6.09 Å². The molecule has 1 aromatic rings. The van der Waals surface area contributed by atoms with Crippen molar-refractivity contribution in [2.75, 3.05) is 24.5 Å². The van der Waals surface area contributed by atoms with Crippen LogP contribution in [-0.2, 0) is 28.8 Å². The van der Waals surface area contributed by atoms with E-state index < -0.39 is 5.60 Å². The highest BCUT2D eigenvalue weighted by Crippen LogP contribution is 2.40. The molecule has 0 saturated heterocycles.